The molecule has 0 spiro atoms. The molecule has 1 aliphatic rings. The van der Waals surface area contributed by atoms with Gasteiger partial charge in [0.15, 0.2) is 0 Å². The molecule has 0 fully saturated rings. The molecule has 2 aromatic rings. The largest absolute Gasteiger partial charge is 0.383 e. The Morgan fingerprint density at radius 2 is 1.96 bits per heavy atom. The molecule has 0 saturated carbocycles. The molecule has 3 rings (SSSR count). The van der Waals surface area contributed by atoms with Crippen molar-refractivity contribution in [2.45, 2.75) is 32.1 Å². The summed E-state index contributed by atoms with van der Waals surface area (Å²) in [4.78, 5) is 26.8. The molecule has 2 aromatic carbocycles. The molecule has 0 saturated heterocycles. The van der Waals surface area contributed by atoms with E-state index in [0.29, 0.717) is 26.0 Å². The van der Waals surface area contributed by atoms with Gasteiger partial charge in [0, 0.05) is 31.5 Å². The summed E-state index contributed by atoms with van der Waals surface area (Å²) in [6.07, 6.45) is 1.91. The summed E-state index contributed by atoms with van der Waals surface area (Å²) in [6, 6.07) is 15.6. The van der Waals surface area contributed by atoms with E-state index >= 15 is 0 Å². The molecule has 1 aliphatic heterocycles. The molecule has 1 heterocycles. The number of benzene rings is 2. The van der Waals surface area contributed by atoms with Crippen molar-refractivity contribution in [3.05, 3.63) is 59.7 Å². The number of anilines is 2. The highest BCUT2D eigenvalue weighted by atomic mass is 16.5. The van der Waals surface area contributed by atoms with Crippen LogP contribution in [0, 0.1) is 0 Å². The van der Waals surface area contributed by atoms with Gasteiger partial charge in [-0.2, -0.15) is 0 Å². The number of aryl methyl sites for hydroxylation is 1. The zero-order valence-electron chi connectivity index (χ0n) is 15.9. The Morgan fingerprint density at radius 1 is 1.19 bits per heavy atom. The highest BCUT2D eigenvalue weighted by molar-refractivity contribution is 5.98. The van der Waals surface area contributed by atoms with Crippen LogP contribution in [0.1, 0.15) is 36.8 Å². The molecule has 5 heteroatoms. The number of carbonyl (C=O) groups is 2. The topological polar surface area (TPSA) is 58.6 Å². The number of nitrogens with one attached hydrogen (secondary N) is 1. The maximum atomic E-state index is 12.8. The van der Waals surface area contributed by atoms with Gasteiger partial charge in [0.05, 0.1) is 12.5 Å². The first-order chi connectivity index (χ1) is 13.1. The van der Waals surface area contributed by atoms with Crippen LogP contribution < -0.4 is 10.2 Å². The van der Waals surface area contributed by atoms with E-state index in [9.17, 15) is 9.59 Å². The lowest BCUT2D eigenvalue weighted by Gasteiger charge is -2.29. The van der Waals surface area contributed by atoms with Crippen molar-refractivity contribution in [1.82, 2.24) is 0 Å². The number of carbonyl (C=O) groups excluding carboxylic acids is 2. The van der Waals surface area contributed by atoms with Gasteiger partial charge in [0.2, 0.25) is 11.8 Å². The fourth-order valence-electron chi connectivity index (χ4n) is 3.55. The fraction of sp³-hybridized carbons (Fsp3) is 0.364. The molecule has 27 heavy (non-hydrogen) atoms. The number of ether oxygens (including phenoxy) is 1. The van der Waals surface area contributed by atoms with E-state index in [1.54, 1.807) is 12.0 Å². The molecule has 0 aliphatic carbocycles. The second kappa shape index (κ2) is 8.82. The summed E-state index contributed by atoms with van der Waals surface area (Å²) in [6.45, 7) is 3.06. The first-order valence-corrected chi connectivity index (χ1v) is 9.42. The number of hydrogen-bond donors (Lipinski definition) is 1. The summed E-state index contributed by atoms with van der Waals surface area (Å²) < 4.78 is 5.11. The lowest BCUT2D eigenvalue weighted by Crippen LogP contribution is -2.37. The Hall–Kier alpha value is -2.66. The van der Waals surface area contributed by atoms with Gasteiger partial charge in [0.25, 0.3) is 0 Å². The number of methoxy groups -OCH3 is 1. The second-order valence-corrected chi connectivity index (χ2v) is 6.74. The van der Waals surface area contributed by atoms with Crippen molar-refractivity contribution in [1.29, 1.82) is 0 Å². The molecule has 0 aromatic heterocycles. The average Bonchev–Trinajstić information content (AvgIpc) is 2.69. The minimum Gasteiger partial charge on any atom is -0.383 e. The Labute approximate surface area is 160 Å². The lowest BCUT2D eigenvalue weighted by molar-refractivity contribution is -0.119. The Bertz CT molecular complexity index is 804. The van der Waals surface area contributed by atoms with Crippen LogP contribution in [0.2, 0.25) is 0 Å². The van der Waals surface area contributed by atoms with Crippen LogP contribution in [0.25, 0.3) is 0 Å². The van der Waals surface area contributed by atoms with E-state index in [0.717, 1.165) is 28.9 Å². The van der Waals surface area contributed by atoms with Crippen LogP contribution in [0.15, 0.2) is 48.5 Å². The average molecular weight is 366 g/mol. The molecule has 142 valence electrons. The predicted octanol–water partition coefficient (Wildman–Crippen LogP) is 3.74. The van der Waals surface area contributed by atoms with E-state index in [4.69, 9.17) is 4.74 Å². The molecular formula is C22H26N2O3. The van der Waals surface area contributed by atoms with Gasteiger partial charge >= 0.3 is 0 Å². The van der Waals surface area contributed by atoms with Crippen molar-refractivity contribution in [2.24, 2.45) is 0 Å². The van der Waals surface area contributed by atoms with Crippen molar-refractivity contribution in [3.63, 3.8) is 0 Å². The van der Waals surface area contributed by atoms with Gasteiger partial charge in [0.1, 0.15) is 0 Å². The summed E-state index contributed by atoms with van der Waals surface area (Å²) >= 11 is 0. The van der Waals surface area contributed by atoms with Crippen LogP contribution in [0.4, 0.5) is 11.4 Å². The van der Waals surface area contributed by atoms with Crippen molar-refractivity contribution >= 4 is 23.2 Å². The maximum Gasteiger partial charge on any atom is 0.231 e. The molecule has 0 radical (unpaired) electrons. The minimum atomic E-state index is -0.179. The van der Waals surface area contributed by atoms with Crippen LogP contribution in [0.3, 0.4) is 0 Å². The van der Waals surface area contributed by atoms with E-state index in [2.05, 4.69) is 5.32 Å². The van der Waals surface area contributed by atoms with E-state index in [1.165, 1.54) is 0 Å². The van der Waals surface area contributed by atoms with Gasteiger partial charge in [-0.05, 0) is 42.2 Å². The first-order valence-electron chi connectivity index (χ1n) is 9.42. The summed E-state index contributed by atoms with van der Waals surface area (Å²) in [7, 11) is 1.63. The standard InChI is InChI=1S/C22H26N2O3/c1-3-19(16-7-5-4-6-8-16)22(26)23-18-10-11-20-17(15-18)9-12-21(25)24(20)13-14-27-2/h4-8,10-11,15,19H,3,9,12-14H2,1-2H3,(H,23,26)/t19-/m0/s1. The Kier molecular flexibility index (Phi) is 6.24. The van der Waals surface area contributed by atoms with Crippen molar-refractivity contribution in [3.8, 4) is 0 Å². The monoisotopic (exact) mass is 366 g/mol. The summed E-state index contributed by atoms with van der Waals surface area (Å²) in [5.41, 5.74) is 3.79. The van der Waals surface area contributed by atoms with E-state index in [1.807, 2.05) is 55.5 Å². The minimum absolute atomic E-state index is 0.00762. The van der Waals surface area contributed by atoms with Gasteiger partial charge in [-0.3, -0.25) is 9.59 Å². The summed E-state index contributed by atoms with van der Waals surface area (Å²) in [5, 5.41) is 3.04. The van der Waals surface area contributed by atoms with E-state index in [-0.39, 0.29) is 17.7 Å². The van der Waals surface area contributed by atoms with Gasteiger partial charge < -0.3 is 15.0 Å². The number of amides is 2. The smallest absolute Gasteiger partial charge is 0.231 e. The predicted molar refractivity (Wildman–Crippen MR) is 107 cm³/mol. The van der Waals surface area contributed by atoms with Crippen molar-refractivity contribution < 1.29 is 14.3 Å². The lowest BCUT2D eigenvalue weighted by atomic mass is 9.95. The number of fused-ring (bicyclic) bond motifs is 1. The third-order valence-electron chi connectivity index (χ3n) is 4.99. The fourth-order valence-corrected chi connectivity index (χ4v) is 3.55. The Balaban J connectivity index is 1.77. The normalized spacial score (nSPS) is 14.6. The molecule has 1 atom stereocenters. The van der Waals surface area contributed by atoms with E-state index < -0.39 is 0 Å². The molecular weight excluding hydrogens is 340 g/mol. The second-order valence-electron chi connectivity index (χ2n) is 6.74. The van der Waals surface area contributed by atoms with Gasteiger partial charge in [-0.25, -0.2) is 0 Å². The van der Waals surface area contributed by atoms with Crippen LogP contribution in [0.5, 0.6) is 0 Å². The van der Waals surface area contributed by atoms with Crippen LogP contribution >= 0.6 is 0 Å². The van der Waals surface area contributed by atoms with Crippen LogP contribution in [-0.2, 0) is 20.7 Å². The van der Waals surface area contributed by atoms with Gasteiger partial charge in [-0.1, -0.05) is 37.3 Å². The zero-order chi connectivity index (χ0) is 19.2. The molecule has 0 unspecified atom stereocenters. The highest BCUT2D eigenvalue weighted by Crippen LogP contribution is 2.31. The van der Waals surface area contributed by atoms with Gasteiger partial charge in [-0.15, -0.1) is 0 Å². The quantitative estimate of drug-likeness (QED) is 0.812. The highest BCUT2D eigenvalue weighted by Gasteiger charge is 2.25. The maximum absolute atomic E-state index is 12.8. The Morgan fingerprint density at radius 3 is 2.67 bits per heavy atom. The third-order valence-corrected chi connectivity index (χ3v) is 4.99. The molecule has 1 N–H and O–H groups in total. The first kappa shape index (κ1) is 19.1. The molecule has 5 nitrogen and oxygen atoms in total. The van der Waals surface area contributed by atoms with Crippen LogP contribution in [-0.4, -0.2) is 32.1 Å². The van der Waals surface area contributed by atoms with Crippen molar-refractivity contribution in [2.75, 3.05) is 30.5 Å². The molecule has 2 amide bonds. The number of nitrogens with zero attached hydrogens (tertiary/aromatic N) is 1. The zero-order valence-corrected chi connectivity index (χ0v) is 15.9. The number of hydrogen-bond acceptors (Lipinski definition) is 3. The number of rotatable bonds is 7. The SMILES string of the molecule is CC[C@H](C(=O)Nc1ccc2c(c1)CCC(=O)N2CCOC)c1ccccc1. The summed E-state index contributed by atoms with van der Waals surface area (Å²) in [5.74, 6) is -0.0692. The third kappa shape index (κ3) is 4.37. The molecule has 0 bridgehead atoms.